The van der Waals surface area contributed by atoms with Gasteiger partial charge in [-0.25, -0.2) is 9.18 Å². The number of hydrogen-bond donors (Lipinski definition) is 1. The van der Waals surface area contributed by atoms with E-state index < -0.39 is 11.8 Å². The second-order valence-corrected chi connectivity index (χ2v) is 4.16. The fourth-order valence-corrected chi connectivity index (χ4v) is 1.92. The van der Waals surface area contributed by atoms with Crippen molar-refractivity contribution in [1.29, 1.82) is 0 Å². The number of methoxy groups -OCH3 is 1. The van der Waals surface area contributed by atoms with Crippen molar-refractivity contribution in [2.24, 2.45) is 0 Å². The second-order valence-electron chi connectivity index (χ2n) is 4.16. The largest absolute Gasteiger partial charge is 0.494 e. The van der Waals surface area contributed by atoms with Crippen LogP contribution < -0.4 is 4.74 Å². The van der Waals surface area contributed by atoms with E-state index in [1.54, 1.807) is 25.1 Å². The SMILES string of the molecule is COc1cccc(-c2cc(C(=O)O)ccc2C)c1F. The van der Waals surface area contributed by atoms with E-state index in [9.17, 15) is 9.18 Å². The monoisotopic (exact) mass is 260 g/mol. The first-order valence-corrected chi connectivity index (χ1v) is 5.71. The summed E-state index contributed by atoms with van der Waals surface area (Å²) in [6, 6.07) is 9.43. The molecule has 1 N–H and O–H groups in total. The summed E-state index contributed by atoms with van der Waals surface area (Å²) in [6.07, 6.45) is 0. The van der Waals surface area contributed by atoms with Crippen LogP contribution in [0.2, 0.25) is 0 Å². The van der Waals surface area contributed by atoms with E-state index in [0.29, 0.717) is 11.1 Å². The molecule has 0 aromatic heterocycles. The molecule has 2 aromatic carbocycles. The molecule has 0 aliphatic carbocycles. The summed E-state index contributed by atoms with van der Waals surface area (Å²) in [5.74, 6) is -1.39. The number of ether oxygens (including phenoxy) is 1. The third-order valence-corrected chi connectivity index (χ3v) is 2.96. The number of aryl methyl sites for hydroxylation is 1. The number of benzene rings is 2. The Labute approximate surface area is 110 Å². The Morgan fingerprint density at radius 1 is 1.21 bits per heavy atom. The summed E-state index contributed by atoms with van der Waals surface area (Å²) in [5.41, 5.74) is 1.82. The minimum Gasteiger partial charge on any atom is -0.494 e. The lowest BCUT2D eigenvalue weighted by Gasteiger charge is -2.10. The van der Waals surface area contributed by atoms with Crippen LogP contribution in [0.25, 0.3) is 11.1 Å². The van der Waals surface area contributed by atoms with Crippen molar-refractivity contribution < 1.29 is 19.0 Å². The Balaban J connectivity index is 2.64. The lowest BCUT2D eigenvalue weighted by atomic mass is 9.97. The summed E-state index contributed by atoms with van der Waals surface area (Å²) in [6.45, 7) is 1.81. The fraction of sp³-hybridized carbons (Fsp3) is 0.133. The van der Waals surface area contributed by atoms with E-state index >= 15 is 0 Å². The van der Waals surface area contributed by atoms with E-state index in [4.69, 9.17) is 9.84 Å². The van der Waals surface area contributed by atoms with Gasteiger partial charge in [-0.3, -0.25) is 0 Å². The van der Waals surface area contributed by atoms with Crippen LogP contribution in [-0.2, 0) is 0 Å². The maximum Gasteiger partial charge on any atom is 0.335 e. The van der Waals surface area contributed by atoms with Crippen molar-refractivity contribution in [3.05, 3.63) is 53.3 Å². The molecule has 0 fully saturated rings. The van der Waals surface area contributed by atoms with Gasteiger partial charge in [0.25, 0.3) is 0 Å². The number of halogens is 1. The highest BCUT2D eigenvalue weighted by molar-refractivity contribution is 5.90. The number of carboxylic acid groups (broad SMARTS) is 1. The minimum absolute atomic E-state index is 0.128. The van der Waals surface area contributed by atoms with E-state index in [1.165, 1.54) is 25.3 Å². The predicted octanol–water partition coefficient (Wildman–Crippen LogP) is 3.51. The summed E-state index contributed by atoms with van der Waals surface area (Å²) >= 11 is 0. The van der Waals surface area contributed by atoms with Gasteiger partial charge < -0.3 is 9.84 Å². The number of carboxylic acids is 1. The average molecular weight is 260 g/mol. The number of rotatable bonds is 3. The first-order valence-electron chi connectivity index (χ1n) is 5.71. The second kappa shape index (κ2) is 5.10. The van der Waals surface area contributed by atoms with Gasteiger partial charge in [0.1, 0.15) is 0 Å². The molecule has 0 amide bonds. The molecular weight excluding hydrogens is 247 g/mol. The maximum absolute atomic E-state index is 14.2. The van der Waals surface area contributed by atoms with Crippen molar-refractivity contribution in [2.75, 3.05) is 7.11 Å². The molecule has 19 heavy (non-hydrogen) atoms. The average Bonchev–Trinajstić information content (AvgIpc) is 2.39. The molecule has 0 unspecified atom stereocenters. The van der Waals surface area contributed by atoms with Crippen LogP contribution in [0.4, 0.5) is 4.39 Å². The fourth-order valence-electron chi connectivity index (χ4n) is 1.92. The van der Waals surface area contributed by atoms with Crippen LogP contribution in [0.5, 0.6) is 5.75 Å². The molecule has 98 valence electrons. The molecule has 0 bridgehead atoms. The molecule has 0 aliphatic heterocycles. The van der Waals surface area contributed by atoms with Crippen LogP contribution >= 0.6 is 0 Å². The highest BCUT2D eigenvalue weighted by atomic mass is 19.1. The zero-order valence-corrected chi connectivity index (χ0v) is 10.6. The van der Waals surface area contributed by atoms with Gasteiger partial charge in [-0.15, -0.1) is 0 Å². The first-order chi connectivity index (χ1) is 9.04. The van der Waals surface area contributed by atoms with Crippen molar-refractivity contribution in [2.45, 2.75) is 6.92 Å². The molecule has 3 nitrogen and oxygen atoms in total. The maximum atomic E-state index is 14.2. The first kappa shape index (κ1) is 13.1. The van der Waals surface area contributed by atoms with Gasteiger partial charge in [0.15, 0.2) is 11.6 Å². The Morgan fingerprint density at radius 3 is 2.58 bits per heavy atom. The summed E-state index contributed by atoms with van der Waals surface area (Å²) < 4.78 is 19.1. The third-order valence-electron chi connectivity index (χ3n) is 2.96. The van der Waals surface area contributed by atoms with Gasteiger partial charge in [0, 0.05) is 5.56 Å². The standard InChI is InChI=1S/C15H13FO3/c1-9-6-7-10(15(17)18)8-12(9)11-4-3-5-13(19-2)14(11)16/h3-8H,1-2H3,(H,17,18). The third kappa shape index (κ3) is 2.42. The highest BCUT2D eigenvalue weighted by Crippen LogP contribution is 2.31. The lowest BCUT2D eigenvalue weighted by Crippen LogP contribution is -1.98. The van der Waals surface area contributed by atoms with Gasteiger partial charge in [0.2, 0.25) is 0 Å². The topological polar surface area (TPSA) is 46.5 Å². The normalized spacial score (nSPS) is 10.3. The molecule has 0 radical (unpaired) electrons. The van der Waals surface area contributed by atoms with E-state index in [2.05, 4.69) is 0 Å². The molecule has 2 aromatic rings. The number of hydrogen-bond acceptors (Lipinski definition) is 2. The lowest BCUT2D eigenvalue weighted by molar-refractivity contribution is 0.0697. The molecule has 0 aliphatic rings. The zero-order valence-electron chi connectivity index (χ0n) is 10.6. The molecule has 0 saturated carbocycles. The summed E-state index contributed by atoms with van der Waals surface area (Å²) in [4.78, 5) is 11.0. The van der Waals surface area contributed by atoms with Crippen molar-refractivity contribution in [1.82, 2.24) is 0 Å². The Hall–Kier alpha value is -2.36. The van der Waals surface area contributed by atoms with Gasteiger partial charge in [-0.05, 0) is 36.2 Å². The molecule has 0 atom stereocenters. The van der Waals surface area contributed by atoms with Crippen LogP contribution in [-0.4, -0.2) is 18.2 Å². The summed E-state index contributed by atoms with van der Waals surface area (Å²) in [7, 11) is 1.39. The zero-order chi connectivity index (χ0) is 14.0. The molecule has 4 heteroatoms. The van der Waals surface area contributed by atoms with Gasteiger partial charge >= 0.3 is 5.97 Å². The van der Waals surface area contributed by atoms with Crippen LogP contribution in [0, 0.1) is 12.7 Å². The molecule has 0 heterocycles. The van der Waals surface area contributed by atoms with Gasteiger partial charge in [-0.1, -0.05) is 18.2 Å². The Bertz CT molecular complexity index is 635. The van der Waals surface area contributed by atoms with E-state index in [0.717, 1.165) is 5.56 Å². The number of carbonyl (C=O) groups is 1. The van der Waals surface area contributed by atoms with E-state index in [-0.39, 0.29) is 11.3 Å². The Kier molecular flexibility index (Phi) is 3.51. The quantitative estimate of drug-likeness (QED) is 0.918. The highest BCUT2D eigenvalue weighted by Gasteiger charge is 2.14. The number of aromatic carboxylic acids is 1. The Morgan fingerprint density at radius 2 is 1.95 bits per heavy atom. The molecule has 0 saturated heterocycles. The van der Waals surface area contributed by atoms with Gasteiger partial charge in [0.05, 0.1) is 12.7 Å². The van der Waals surface area contributed by atoms with Crippen LogP contribution in [0.15, 0.2) is 36.4 Å². The van der Waals surface area contributed by atoms with Crippen LogP contribution in [0.3, 0.4) is 0 Å². The molecular formula is C15H13FO3. The molecule has 2 rings (SSSR count). The minimum atomic E-state index is -1.04. The van der Waals surface area contributed by atoms with Crippen molar-refractivity contribution >= 4 is 5.97 Å². The van der Waals surface area contributed by atoms with Crippen molar-refractivity contribution in [3.63, 3.8) is 0 Å². The van der Waals surface area contributed by atoms with Crippen LogP contribution in [0.1, 0.15) is 15.9 Å². The summed E-state index contributed by atoms with van der Waals surface area (Å²) in [5, 5.41) is 9.00. The van der Waals surface area contributed by atoms with Crippen molar-refractivity contribution in [3.8, 4) is 16.9 Å². The smallest absolute Gasteiger partial charge is 0.335 e. The van der Waals surface area contributed by atoms with E-state index in [1.807, 2.05) is 0 Å². The van der Waals surface area contributed by atoms with Gasteiger partial charge in [-0.2, -0.15) is 0 Å². The predicted molar refractivity (Wildman–Crippen MR) is 70.1 cm³/mol. The molecule has 0 spiro atoms.